The molecule has 2 heterocycles. The van der Waals surface area contributed by atoms with E-state index < -0.39 is 55.0 Å². The maximum absolute atomic E-state index is 13.0. The molecule has 0 unspecified atom stereocenters. The quantitative estimate of drug-likeness (QED) is 0.204. The number of benzene rings is 2. The van der Waals surface area contributed by atoms with Crippen LogP contribution in [0.1, 0.15) is 23.0 Å². The van der Waals surface area contributed by atoms with Crippen LogP contribution in [0.2, 0.25) is 0 Å². The van der Waals surface area contributed by atoms with E-state index in [1.807, 2.05) is 0 Å². The molecule has 0 saturated carbocycles. The number of carbonyl (C=O) groups is 2. The molecular weight excluding hydrogens is 523 g/mol. The summed E-state index contributed by atoms with van der Waals surface area (Å²) in [6, 6.07) is 6.47. The molecule has 0 bridgehead atoms. The third-order valence-corrected chi connectivity index (χ3v) is 6.42. The van der Waals surface area contributed by atoms with Gasteiger partial charge in [-0.1, -0.05) is 12.1 Å². The Balaban J connectivity index is 1.92. The van der Waals surface area contributed by atoms with E-state index in [0.29, 0.717) is 0 Å². The molecule has 2 aromatic carbocycles. The first kappa shape index (κ1) is 25.5. The van der Waals surface area contributed by atoms with E-state index >= 15 is 0 Å². The van der Waals surface area contributed by atoms with Crippen molar-refractivity contribution in [1.82, 2.24) is 4.98 Å². The van der Waals surface area contributed by atoms with Crippen LogP contribution < -0.4 is 10.0 Å². The largest absolute Gasteiger partial charge is 0.471 e. The Morgan fingerprint density at radius 2 is 1.86 bits per heavy atom. The van der Waals surface area contributed by atoms with Crippen molar-refractivity contribution in [3.63, 3.8) is 0 Å². The van der Waals surface area contributed by atoms with E-state index in [4.69, 9.17) is 4.74 Å². The summed E-state index contributed by atoms with van der Waals surface area (Å²) in [5.41, 5.74) is -2.25. The number of nitrogens with zero attached hydrogens (tertiary/aromatic N) is 3. The number of halogens is 3. The van der Waals surface area contributed by atoms with E-state index in [1.54, 1.807) is 5.32 Å². The predicted molar refractivity (Wildman–Crippen MR) is 124 cm³/mol. The monoisotopic (exact) mass is 537 g/mol. The molecule has 0 spiro atoms. The smallest absolute Gasteiger partial charge is 0.461 e. The number of nitrogens with one attached hydrogen (secondary N) is 2. The second kappa shape index (κ2) is 9.12. The summed E-state index contributed by atoms with van der Waals surface area (Å²) in [5, 5.41) is 13.0. The lowest BCUT2D eigenvalue weighted by atomic mass is 10.1. The standard InChI is InChI=1S/C21H14F3N5O7S/c1-2-36-19(30)13-7-10-9-25-17-12(28-37(34,35)15-6-4-3-5-14(15)29(32)33)8-11(18(26-13)16(10)17)27-20(31)21(22,23)24/h3-9,28H,2H2,1H3,(H,27,31). The van der Waals surface area contributed by atoms with Crippen LogP contribution in [0.5, 0.6) is 0 Å². The van der Waals surface area contributed by atoms with Gasteiger partial charge in [-0.15, -0.1) is 0 Å². The first-order valence-electron chi connectivity index (χ1n) is 10.2. The van der Waals surface area contributed by atoms with Gasteiger partial charge >= 0.3 is 18.1 Å². The molecule has 0 saturated heterocycles. The van der Waals surface area contributed by atoms with Crippen LogP contribution in [0.15, 0.2) is 46.3 Å². The number of pyridine rings is 1. The lowest BCUT2D eigenvalue weighted by Crippen LogP contribution is -2.30. The number of hydrogen-bond acceptors (Lipinski definition) is 9. The minimum atomic E-state index is -5.31. The molecule has 37 heavy (non-hydrogen) atoms. The average Bonchev–Trinajstić information content (AvgIpc) is 3.26. The van der Waals surface area contributed by atoms with E-state index in [0.717, 1.165) is 18.2 Å². The van der Waals surface area contributed by atoms with E-state index in [9.17, 15) is 41.3 Å². The highest BCUT2D eigenvalue weighted by Gasteiger charge is 2.39. The topological polar surface area (TPSA) is 170 Å². The van der Waals surface area contributed by atoms with Gasteiger partial charge in [-0.25, -0.2) is 18.2 Å². The van der Waals surface area contributed by atoms with Gasteiger partial charge in [-0.05, 0) is 25.1 Å². The first-order valence-corrected chi connectivity index (χ1v) is 11.7. The lowest BCUT2D eigenvalue weighted by Gasteiger charge is -2.16. The van der Waals surface area contributed by atoms with Gasteiger partial charge < -0.3 is 10.1 Å². The van der Waals surface area contributed by atoms with E-state index in [2.05, 4.69) is 14.7 Å². The molecule has 4 rings (SSSR count). The Hall–Kier alpha value is -4.60. The minimum absolute atomic E-state index is 0.0166. The Labute approximate surface area is 205 Å². The maximum atomic E-state index is 13.0. The van der Waals surface area contributed by atoms with Crippen LogP contribution in [-0.2, 0) is 19.6 Å². The number of para-hydroxylation sites is 1. The fraction of sp³-hybridized carbons (Fsp3) is 0.143. The fourth-order valence-corrected chi connectivity index (χ4v) is 4.74. The number of sulfonamides is 1. The molecular formula is C21H14F3N5O7S. The molecule has 0 radical (unpaired) electrons. The second-order valence-electron chi connectivity index (χ2n) is 7.40. The number of ether oxygens (including phenoxy) is 1. The molecule has 12 nitrogen and oxygen atoms in total. The first-order chi connectivity index (χ1) is 17.3. The van der Waals surface area contributed by atoms with Crippen LogP contribution >= 0.6 is 0 Å². The number of carbonyl (C=O) groups excluding carboxylic acids is 2. The summed E-state index contributed by atoms with van der Waals surface area (Å²) in [6.07, 6.45) is -4.10. The third-order valence-electron chi connectivity index (χ3n) is 5.00. The molecule has 0 fully saturated rings. The van der Waals surface area contributed by atoms with Crippen molar-refractivity contribution in [3.05, 3.63) is 57.8 Å². The Morgan fingerprint density at radius 3 is 2.51 bits per heavy atom. The number of nitro benzene ring substituents is 1. The summed E-state index contributed by atoms with van der Waals surface area (Å²) in [4.78, 5) is 41.7. The highest BCUT2D eigenvalue weighted by molar-refractivity contribution is 7.92. The number of rotatable bonds is 7. The van der Waals surface area contributed by atoms with Crippen LogP contribution in [0.3, 0.4) is 0 Å². The second-order valence-corrected chi connectivity index (χ2v) is 9.05. The minimum Gasteiger partial charge on any atom is -0.461 e. The number of hydrogen-bond donors (Lipinski definition) is 2. The Morgan fingerprint density at radius 1 is 1.16 bits per heavy atom. The molecule has 16 heteroatoms. The number of anilines is 2. The summed E-state index contributed by atoms with van der Waals surface area (Å²) >= 11 is 0. The van der Waals surface area contributed by atoms with Gasteiger partial charge in [0.05, 0.1) is 34.1 Å². The molecule has 0 aliphatic carbocycles. The van der Waals surface area contributed by atoms with Crippen LogP contribution in [0.4, 0.5) is 35.9 Å². The van der Waals surface area contributed by atoms with Crippen molar-refractivity contribution in [2.24, 2.45) is 4.99 Å². The molecule has 192 valence electrons. The lowest BCUT2D eigenvalue weighted by molar-refractivity contribution is -0.387. The number of aromatic nitrogens is 1. The van der Waals surface area contributed by atoms with Crippen LogP contribution in [0.25, 0.3) is 10.9 Å². The summed E-state index contributed by atoms with van der Waals surface area (Å²) in [7, 11) is -4.66. The maximum Gasteiger partial charge on any atom is 0.471 e. The highest BCUT2D eigenvalue weighted by atomic mass is 32.2. The number of amides is 1. The molecule has 1 aliphatic rings. The summed E-state index contributed by atoms with van der Waals surface area (Å²) in [5.74, 6) is -3.28. The summed E-state index contributed by atoms with van der Waals surface area (Å²) in [6.45, 7) is 1.51. The van der Waals surface area contributed by atoms with Crippen molar-refractivity contribution in [2.45, 2.75) is 18.0 Å². The number of esters is 1. The molecule has 0 atom stereocenters. The van der Waals surface area contributed by atoms with Crippen molar-refractivity contribution in [2.75, 3.05) is 16.6 Å². The van der Waals surface area contributed by atoms with Crippen LogP contribution in [0, 0.1) is 10.1 Å². The van der Waals surface area contributed by atoms with Crippen LogP contribution in [-0.4, -0.2) is 49.2 Å². The average molecular weight is 537 g/mol. The zero-order valence-corrected chi connectivity index (χ0v) is 19.3. The number of nitro groups is 1. The molecule has 1 amide bonds. The van der Waals surface area contributed by atoms with Gasteiger partial charge in [0.15, 0.2) is 4.90 Å². The van der Waals surface area contributed by atoms with Gasteiger partial charge in [0.1, 0.15) is 5.69 Å². The molecule has 2 N–H and O–H groups in total. The number of aliphatic imine (C=N–C) groups is 1. The Bertz CT molecular complexity index is 1620. The van der Waals surface area contributed by atoms with Gasteiger partial charge in [0.2, 0.25) is 0 Å². The van der Waals surface area contributed by atoms with Gasteiger partial charge in [0, 0.05) is 23.2 Å². The zero-order chi connectivity index (χ0) is 27.1. The molecule has 1 aromatic heterocycles. The van der Waals surface area contributed by atoms with Gasteiger partial charge in [-0.3, -0.25) is 24.6 Å². The van der Waals surface area contributed by atoms with Crippen molar-refractivity contribution >= 4 is 61.8 Å². The fourth-order valence-electron chi connectivity index (χ4n) is 3.51. The van der Waals surface area contributed by atoms with Gasteiger partial charge in [0.25, 0.3) is 15.7 Å². The molecule has 3 aromatic rings. The SMILES string of the molecule is CCOC(=O)c1cc2c3c(c(NS(=O)(=O)c4ccccc4[N+](=O)[O-])cc(NC(=O)C(F)(F)F)c3n1)N=C2. The third kappa shape index (κ3) is 4.77. The predicted octanol–water partition coefficient (Wildman–Crippen LogP) is 3.69. The Kier molecular flexibility index (Phi) is 6.29. The number of alkyl halides is 3. The highest BCUT2D eigenvalue weighted by Crippen LogP contribution is 2.44. The zero-order valence-electron chi connectivity index (χ0n) is 18.5. The van der Waals surface area contributed by atoms with Gasteiger partial charge in [-0.2, -0.15) is 13.2 Å². The summed E-state index contributed by atoms with van der Waals surface area (Å²) < 4.78 is 72.1. The molecule has 1 aliphatic heterocycles. The van der Waals surface area contributed by atoms with E-state index in [-0.39, 0.29) is 34.5 Å². The van der Waals surface area contributed by atoms with E-state index in [1.165, 1.54) is 31.3 Å². The normalized spacial score (nSPS) is 12.4. The van der Waals surface area contributed by atoms with Crippen molar-refractivity contribution in [3.8, 4) is 0 Å². The van der Waals surface area contributed by atoms with Crippen molar-refractivity contribution < 1.29 is 40.8 Å². The van der Waals surface area contributed by atoms with Crippen molar-refractivity contribution in [1.29, 1.82) is 0 Å².